The summed E-state index contributed by atoms with van der Waals surface area (Å²) < 4.78 is 14.8. The van der Waals surface area contributed by atoms with Crippen molar-refractivity contribution in [3.63, 3.8) is 0 Å². The molecule has 0 aliphatic rings. The zero-order valence-electron chi connectivity index (χ0n) is 20.9. The number of carbonyl (C=O) groups excluding carboxylic acids is 2. The summed E-state index contributed by atoms with van der Waals surface area (Å²) in [5.41, 5.74) is 2.77. The lowest BCUT2D eigenvalue weighted by atomic mass is 10.0. The number of benzene rings is 2. The molecule has 0 aliphatic heterocycles. The van der Waals surface area contributed by atoms with Crippen LogP contribution in [0.1, 0.15) is 34.0 Å². The third-order valence-electron chi connectivity index (χ3n) is 6.17. The Morgan fingerprint density at radius 2 is 1.76 bits per heavy atom. The molecule has 1 unspecified atom stereocenters. The number of rotatable bonds is 9. The fourth-order valence-corrected chi connectivity index (χ4v) is 3.93. The van der Waals surface area contributed by atoms with Gasteiger partial charge < -0.3 is 20.3 Å². The van der Waals surface area contributed by atoms with Gasteiger partial charge in [0.05, 0.1) is 24.9 Å². The summed E-state index contributed by atoms with van der Waals surface area (Å²) in [4.78, 5) is 43.2. The van der Waals surface area contributed by atoms with E-state index in [0.717, 1.165) is 0 Å². The summed E-state index contributed by atoms with van der Waals surface area (Å²) >= 11 is 0. The zero-order valence-corrected chi connectivity index (χ0v) is 20.9. The van der Waals surface area contributed by atoms with E-state index in [2.05, 4.69) is 15.6 Å². The normalized spacial score (nSPS) is 11.7. The second kappa shape index (κ2) is 11.7. The average Bonchev–Trinajstić information content (AvgIpc) is 2.94. The molecule has 9 heteroatoms. The number of nitrogens with zero attached hydrogens (tertiary/aromatic N) is 2. The molecular weight excluding hydrogens is 487 g/mol. The van der Waals surface area contributed by atoms with E-state index in [4.69, 9.17) is 0 Å². The predicted molar refractivity (Wildman–Crippen MR) is 142 cm³/mol. The van der Waals surface area contributed by atoms with E-state index in [1.54, 1.807) is 56.6 Å². The Morgan fingerprint density at radius 1 is 1.00 bits per heavy atom. The third-order valence-corrected chi connectivity index (χ3v) is 6.17. The van der Waals surface area contributed by atoms with Gasteiger partial charge in [-0.3, -0.25) is 19.4 Å². The molecule has 0 radical (unpaired) electrons. The second-order valence-corrected chi connectivity index (χ2v) is 8.80. The van der Waals surface area contributed by atoms with Crippen molar-refractivity contribution in [3.05, 3.63) is 118 Å². The van der Waals surface area contributed by atoms with Gasteiger partial charge in [0.1, 0.15) is 11.5 Å². The maximum Gasteiger partial charge on any atom is 0.275 e. The van der Waals surface area contributed by atoms with E-state index >= 15 is 0 Å². The van der Waals surface area contributed by atoms with Gasteiger partial charge in [0.15, 0.2) is 5.78 Å². The van der Waals surface area contributed by atoms with Crippen LogP contribution in [0.15, 0.2) is 83.9 Å². The van der Waals surface area contributed by atoms with Crippen molar-refractivity contribution in [2.24, 2.45) is 0 Å². The molecule has 194 valence electrons. The summed E-state index contributed by atoms with van der Waals surface area (Å²) in [6, 6.07) is 16.8. The number of aliphatic hydroxyl groups is 1. The van der Waals surface area contributed by atoms with Crippen LogP contribution in [0.4, 0.5) is 10.1 Å². The van der Waals surface area contributed by atoms with Crippen LogP contribution in [0.25, 0.3) is 11.3 Å². The van der Waals surface area contributed by atoms with Crippen LogP contribution in [0.2, 0.25) is 0 Å². The van der Waals surface area contributed by atoms with E-state index in [1.165, 1.54) is 35.0 Å². The summed E-state index contributed by atoms with van der Waals surface area (Å²) in [5.74, 6) is -1.13. The van der Waals surface area contributed by atoms with Crippen LogP contribution in [0.5, 0.6) is 0 Å². The van der Waals surface area contributed by atoms with Crippen molar-refractivity contribution in [1.82, 2.24) is 14.9 Å². The number of amides is 1. The summed E-state index contributed by atoms with van der Waals surface area (Å²) in [6.45, 7) is 1.57. The minimum Gasteiger partial charge on any atom is -0.392 e. The topological polar surface area (TPSA) is 113 Å². The van der Waals surface area contributed by atoms with Crippen molar-refractivity contribution in [2.45, 2.75) is 26.1 Å². The number of anilines is 1. The highest BCUT2D eigenvalue weighted by molar-refractivity contribution is 6.08. The van der Waals surface area contributed by atoms with E-state index in [1.807, 2.05) is 6.07 Å². The summed E-state index contributed by atoms with van der Waals surface area (Å²) in [7, 11) is 1.65. The second-order valence-electron chi connectivity index (χ2n) is 8.80. The Labute approximate surface area is 218 Å². The highest BCUT2D eigenvalue weighted by Crippen LogP contribution is 2.22. The standard InChI is InChI=1S/C29H27FN4O4/c1-18(31-2)28(37)33-25-10-11-26(22-5-3-4-19(12-22)17-35)34(29(25)38)16-20-13-23(15-32-14-20)27(36)21-6-8-24(30)9-7-21/h3-15,18,31,35H,16-17H2,1-2H3,(H,33,37). The van der Waals surface area contributed by atoms with Crippen LogP contribution in [0, 0.1) is 5.82 Å². The van der Waals surface area contributed by atoms with Crippen LogP contribution >= 0.6 is 0 Å². The van der Waals surface area contributed by atoms with Crippen molar-refractivity contribution in [2.75, 3.05) is 12.4 Å². The number of hydrogen-bond acceptors (Lipinski definition) is 6. The summed E-state index contributed by atoms with van der Waals surface area (Å²) in [5, 5.41) is 15.1. The molecule has 38 heavy (non-hydrogen) atoms. The molecule has 2 aromatic heterocycles. The Hall–Kier alpha value is -4.47. The SMILES string of the molecule is CNC(C)C(=O)Nc1ccc(-c2cccc(CO)c2)n(Cc2cncc(C(=O)c3ccc(F)cc3)c2)c1=O. The Bertz CT molecular complexity index is 1530. The van der Waals surface area contributed by atoms with Crippen LogP contribution in [-0.2, 0) is 17.9 Å². The quantitative estimate of drug-likeness (QED) is 0.295. The van der Waals surface area contributed by atoms with Gasteiger partial charge in [-0.15, -0.1) is 0 Å². The molecule has 1 atom stereocenters. The van der Waals surface area contributed by atoms with Gasteiger partial charge in [-0.2, -0.15) is 0 Å². The van der Waals surface area contributed by atoms with Crippen LogP contribution in [0.3, 0.4) is 0 Å². The number of ketones is 1. The molecule has 0 saturated heterocycles. The Kier molecular flexibility index (Phi) is 8.20. The predicted octanol–water partition coefficient (Wildman–Crippen LogP) is 3.37. The molecule has 0 saturated carbocycles. The van der Waals surface area contributed by atoms with Gasteiger partial charge in [0.25, 0.3) is 5.56 Å². The molecule has 4 rings (SSSR count). The smallest absolute Gasteiger partial charge is 0.275 e. The van der Waals surface area contributed by atoms with Crippen LogP contribution in [-0.4, -0.2) is 39.4 Å². The molecule has 1 amide bonds. The fraction of sp³-hybridized carbons (Fsp3) is 0.172. The molecular formula is C29H27FN4O4. The Balaban J connectivity index is 1.76. The average molecular weight is 515 g/mol. The Morgan fingerprint density at radius 3 is 2.47 bits per heavy atom. The van der Waals surface area contributed by atoms with E-state index in [-0.39, 0.29) is 30.5 Å². The highest BCUT2D eigenvalue weighted by Gasteiger charge is 2.17. The first kappa shape index (κ1) is 26.6. The number of aromatic nitrogens is 2. The molecule has 2 heterocycles. The van der Waals surface area contributed by atoms with Crippen molar-refractivity contribution in [3.8, 4) is 11.3 Å². The maximum atomic E-state index is 13.6. The molecule has 2 aromatic carbocycles. The first-order chi connectivity index (χ1) is 18.3. The minimum atomic E-state index is -0.512. The van der Waals surface area contributed by atoms with Gasteiger partial charge in [-0.1, -0.05) is 18.2 Å². The van der Waals surface area contributed by atoms with Crippen LogP contribution < -0.4 is 16.2 Å². The van der Waals surface area contributed by atoms with Crippen molar-refractivity contribution >= 4 is 17.4 Å². The zero-order chi connectivity index (χ0) is 27.2. The number of aliphatic hydroxyl groups excluding tert-OH is 1. The van der Waals surface area contributed by atoms with Gasteiger partial charge >= 0.3 is 0 Å². The number of likely N-dealkylation sites (N-methyl/N-ethyl adjacent to an activating group) is 1. The number of carbonyl (C=O) groups is 2. The molecule has 0 bridgehead atoms. The molecule has 8 nitrogen and oxygen atoms in total. The number of pyridine rings is 2. The van der Waals surface area contributed by atoms with E-state index < -0.39 is 17.4 Å². The molecule has 0 aliphatic carbocycles. The number of hydrogen-bond donors (Lipinski definition) is 3. The largest absolute Gasteiger partial charge is 0.392 e. The third kappa shape index (κ3) is 5.91. The summed E-state index contributed by atoms with van der Waals surface area (Å²) in [6.07, 6.45) is 2.97. The molecule has 3 N–H and O–H groups in total. The van der Waals surface area contributed by atoms with E-state index in [0.29, 0.717) is 33.5 Å². The molecule has 0 spiro atoms. The van der Waals surface area contributed by atoms with Gasteiger partial charge in [0.2, 0.25) is 5.91 Å². The molecule has 0 fully saturated rings. The van der Waals surface area contributed by atoms with Gasteiger partial charge in [0, 0.05) is 23.5 Å². The lowest BCUT2D eigenvalue weighted by Crippen LogP contribution is -2.37. The van der Waals surface area contributed by atoms with E-state index in [9.17, 15) is 23.9 Å². The van der Waals surface area contributed by atoms with Gasteiger partial charge in [-0.05, 0) is 79.2 Å². The first-order valence-corrected chi connectivity index (χ1v) is 12.0. The van der Waals surface area contributed by atoms with Gasteiger partial charge in [-0.25, -0.2) is 4.39 Å². The number of halogens is 1. The lowest BCUT2D eigenvalue weighted by molar-refractivity contribution is -0.117. The lowest BCUT2D eigenvalue weighted by Gasteiger charge is -2.17. The first-order valence-electron chi connectivity index (χ1n) is 12.0. The number of nitrogens with one attached hydrogen (secondary N) is 2. The monoisotopic (exact) mass is 514 g/mol. The maximum absolute atomic E-state index is 13.6. The van der Waals surface area contributed by atoms with Crippen molar-refractivity contribution in [1.29, 1.82) is 0 Å². The molecule has 4 aromatic rings. The van der Waals surface area contributed by atoms with Crippen molar-refractivity contribution < 1.29 is 19.1 Å². The highest BCUT2D eigenvalue weighted by atomic mass is 19.1. The minimum absolute atomic E-state index is 0.0559. The fourth-order valence-electron chi connectivity index (χ4n) is 3.93.